The molecule has 0 saturated carbocycles. The Morgan fingerprint density at radius 2 is 2.08 bits per heavy atom. The molecule has 0 atom stereocenters. The van der Waals surface area contributed by atoms with Gasteiger partial charge in [-0.1, -0.05) is 0 Å². The van der Waals surface area contributed by atoms with Gasteiger partial charge in [0.05, 0.1) is 6.61 Å². The summed E-state index contributed by atoms with van der Waals surface area (Å²) in [5, 5.41) is 6.09. The molecule has 0 bridgehead atoms. The lowest BCUT2D eigenvalue weighted by atomic mass is 10.1. The van der Waals surface area contributed by atoms with Crippen molar-refractivity contribution < 1.29 is 14.3 Å². The first-order valence-electron chi connectivity index (χ1n) is 8.93. The summed E-state index contributed by atoms with van der Waals surface area (Å²) in [5.41, 5.74) is 0.333. The molecule has 2 N–H and O–H groups in total. The zero-order valence-electron chi connectivity index (χ0n) is 15.7. The highest BCUT2D eigenvalue weighted by molar-refractivity contribution is 5.92. The number of hydrogen-bond acceptors (Lipinski definition) is 7. The summed E-state index contributed by atoms with van der Waals surface area (Å²) in [6, 6.07) is 1.62. The lowest BCUT2D eigenvalue weighted by molar-refractivity contribution is 0.0856. The molecule has 2 rings (SSSR count). The molecule has 0 spiro atoms. The third-order valence-electron chi connectivity index (χ3n) is 4.09. The number of anilines is 1. The van der Waals surface area contributed by atoms with Gasteiger partial charge >= 0.3 is 6.09 Å². The molecule has 0 unspecified atom stereocenters. The summed E-state index contributed by atoms with van der Waals surface area (Å²) in [6.45, 7) is 4.85. The minimum atomic E-state index is -0.290. The number of nitrogens with one attached hydrogen (secondary N) is 2. The largest absolute Gasteiger partial charge is 0.450 e. The highest BCUT2D eigenvalue weighted by Gasteiger charge is 2.25. The maximum atomic E-state index is 12.4. The van der Waals surface area contributed by atoms with Gasteiger partial charge in [-0.2, -0.15) is 0 Å². The second kappa shape index (κ2) is 9.91. The van der Waals surface area contributed by atoms with Crippen molar-refractivity contribution in [3.8, 4) is 0 Å². The molecule has 26 heavy (non-hydrogen) atoms. The molecule has 1 fully saturated rings. The fraction of sp³-hybridized carbons (Fsp3) is 0.647. The number of likely N-dealkylation sites (N-methyl/N-ethyl adjacent to an activating group) is 1. The quantitative estimate of drug-likeness (QED) is 0.738. The SMILES string of the molecule is CCOC(=O)N1CCC(NC(=O)c2ccnc(NCCN(C)C)n2)CC1. The summed E-state index contributed by atoms with van der Waals surface area (Å²) in [4.78, 5) is 36.2. The lowest BCUT2D eigenvalue weighted by Gasteiger charge is -2.31. The Kier molecular flexibility index (Phi) is 7.58. The molecular weight excluding hydrogens is 336 g/mol. The van der Waals surface area contributed by atoms with Crippen molar-refractivity contribution in [1.29, 1.82) is 0 Å². The standard InChI is InChI=1S/C17H28N6O3/c1-4-26-17(25)23-10-6-13(7-11-23)20-15(24)14-5-8-18-16(21-14)19-9-12-22(2)3/h5,8,13H,4,6-7,9-12H2,1-3H3,(H,20,24)(H,18,19,21). The monoisotopic (exact) mass is 364 g/mol. The number of piperidine rings is 1. The molecule has 144 valence electrons. The number of hydrogen-bond donors (Lipinski definition) is 2. The predicted molar refractivity (Wildman–Crippen MR) is 98.2 cm³/mol. The summed E-state index contributed by atoms with van der Waals surface area (Å²) in [5.74, 6) is 0.217. The van der Waals surface area contributed by atoms with Crippen molar-refractivity contribution in [2.45, 2.75) is 25.8 Å². The van der Waals surface area contributed by atoms with E-state index in [0.29, 0.717) is 50.7 Å². The Morgan fingerprint density at radius 3 is 2.73 bits per heavy atom. The molecule has 1 aliphatic heterocycles. The van der Waals surface area contributed by atoms with Gasteiger partial charge < -0.3 is 25.2 Å². The summed E-state index contributed by atoms with van der Waals surface area (Å²) in [6.07, 6.45) is 2.68. The first-order valence-corrected chi connectivity index (χ1v) is 8.93. The van der Waals surface area contributed by atoms with E-state index in [1.165, 1.54) is 0 Å². The zero-order chi connectivity index (χ0) is 18.9. The third-order valence-corrected chi connectivity index (χ3v) is 4.09. The zero-order valence-corrected chi connectivity index (χ0v) is 15.7. The van der Waals surface area contributed by atoms with Crippen LogP contribution in [-0.4, -0.2) is 84.7 Å². The van der Waals surface area contributed by atoms with Crippen LogP contribution in [0.15, 0.2) is 12.3 Å². The van der Waals surface area contributed by atoms with Gasteiger partial charge in [-0.15, -0.1) is 0 Å². The Balaban J connectivity index is 1.82. The highest BCUT2D eigenvalue weighted by Crippen LogP contribution is 2.12. The van der Waals surface area contributed by atoms with E-state index in [1.54, 1.807) is 24.1 Å². The van der Waals surface area contributed by atoms with Gasteiger partial charge in [0.15, 0.2) is 0 Å². The number of amides is 2. The van der Waals surface area contributed by atoms with E-state index in [-0.39, 0.29) is 18.0 Å². The third kappa shape index (κ3) is 6.14. The predicted octanol–water partition coefficient (Wildman–Crippen LogP) is 0.801. The number of carbonyl (C=O) groups is 2. The molecule has 0 aliphatic carbocycles. The van der Waals surface area contributed by atoms with Crippen LogP contribution in [0.25, 0.3) is 0 Å². The molecule has 0 aromatic carbocycles. The second-order valence-corrected chi connectivity index (χ2v) is 6.43. The summed E-state index contributed by atoms with van der Waals surface area (Å²) < 4.78 is 5.00. The highest BCUT2D eigenvalue weighted by atomic mass is 16.6. The van der Waals surface area contributed by atoms with Crippen LogP contribution in [-0.2, 0) is 4.74 Å². The van der Waals surface area contributed by atoms with E-state index in [1.807, 2.05) is 19.0 Å². The fourth-order valence-electron chi connectivity index (χ4n) is 2.64. The van der Waals surface area contributed by atoms with Crippen molar-refractivity contribution in [3.05, 3.63) is 18.0 Å². The first-order chi connectivity index (χ1) is 12.5. The van der Waals surface area contributed by atoms with E-state index >= 15 is 0 Å². The van der Waals surface area contributed by atoms with Crippen molar-refractivity contribution in [2.75, 3.05) is 52.2 Å². The molecule has 0 radical (unpaired) electrons. The minimum Gasteiger partial charge on any atom is -0.450 e. The van der Waals surface area contributed by atoms with Gasteiger partial charge in [0, 0.05) is 38.4 Å². The van der Waals surface area contributed by atoms with Crippen LogP contribution < -0.4 is 10.6 Å². The molecule has 2 heterocycles. The van der Waals surface area contributed by atoms with Crippen LogP contribution in [0.2, 0.25) is 0 Å². The van der Waals surface area contributed by atoms with Gasteiger partial charge in [0.1, 0.15) is 5.69 Å². The van der Waals surface area contributed by atoms with Gasteiger partial charge in [0.2, 0.25) is 5.95 Å². The first kappa shape index (κ1) is 19.9. The van der Waals surface area contributed by atoms with Crippen LogP contribution in [0.5, 0.6) is 0 Å². The number of likely N-dealkylation sites (tertiary alicyclic amines) is 1. The summed E-state index contributed by atoms with van der Waals surface area (Å²) in [7, 11) is 3.97. The average molecular weight is 364 g/mol. The van der Waals surface area contributed by atoms with Crippen LogP contribution in [0.1, 0.15) is 30.3 Å². The lowest BCUT2D eigenvalue weighted by Crippen LogP contribution is -2.46. The number of rotatable bonds is 7. The van der Waals surface area contributed by atoms with Crippen molar-refractivity contribution in [1.82, 2.24) is 25.1 Å². The van der Waals surface area contributed by atoms with E-state index in [4.69, 9.17) is 4.74 Å². The van der Waals surface area contributed by atoms with E-state index in [0.717, 1.165) is 6.54 Å². The smallest absolute Gasteiger partial charge is 0.409 e. The van der Waals surface area contributed by atoms with Crippen LogP contribution in [0.4, 0.5) is 10.7 Å². The van der Waals surface area contributed by atoms with Gasteiger partial charge in [-0.25, -0.2) is 14.8 Å². The average Bonchev–Trinajstić information content (AvgIpc) is 2.62. The van der Waals surface area contributed by atoms with Gasteiger partial charge in [-0.3, -0.25) is 4.79 Å². The second-order valence-electron chi connectivity index (χ2n) is 6.43. The van der Waals surface area contributed by atoms with Crippen LogP contribution >= 0.6 is 0 Å². The Hall–Kier alpha value is -2.42. The normalized spacial score (nSPS) is 15.0. The molecule has 9 nitrogen and oxygen atoms in total. The number of carbonyl (C=O) groups excluding carboxylic acids is 2. The number of ether oxygens (including phenoxy) is 1. The number of nitrogens with zero attached hydrogens (tertiary/aromatic N) is 4. The Morgan fingerprint density at radius 1 is 1.35 bits per heavy atom. The Bertz CT molecular complexity index is 602. The topological polar surface area (TPSA) is 99.7 Å². The van der Waals surface area contributed by atoms with Crippen LogP contribution in [0.3, 0.4) is 0 Å². The van der Waals surface area contributed by atoms with Crippen molar-refractivity contribution in [3.63, 3.8) is 0 Å². The van der Waals surface area contributed by atoms with Gasteiger partial charge in [-0.05, 0) is 39.9 Å². The molecule has 1 aliphatic rings. The van der Waals surface area contributed by atoms with E-state index in [2.05, 4.69) is 20.6 Å². The van der Waals surface area contributed by atoms with Crippen LogP contribution in [0, 0.1) is 0 Å². The van der Waals surface area contributed by atoms with Crippen molar-refractivity contribution >= 4 is 17.9 Å². The van der Waals surface area contributed by atoms with Crippen molar-refractivity contribution in [2.24, 2.45) is 0 Å². The van der Waals surface area contributed by atoms with E-state index in [9.17, 15) is 9.59 Å². The van der Waals surface area contributed by atoms with E-state index < -0.39 is 0 Å². The fourth-order valence-corrected chi connectivity index (χ4v) is 2.64. The molecule has 9 heteroatoms. The Labute approximate surface area is 154 Å². The van der Waals surface area contributed by atoms with Gasteiger partial charge in [0.25, 0.3) is 5.91 Å². The summed E-state index contributed by atoms with van der Waals surface area (Å²) >= 11 is 0. The number of aromatic nitrogens is 2. The minimum absolute atomic E-state index is 0.0216. The maximum Gasteiger partial charge on any atom is 0.409 e. The molecule has 1 aromatic rings. The molecule has 1 saturated heterocycles. The molecule has 2 amide bonds. The maximum absolute atomic E-state index is 12.4. The molecule has 1 aromatic heterocycles. The molecular formula is C17H28N6O3.